The van der Waals surface area contributed by atoms with Crippen LogP contribution in [0.5, 0.6) is 0 Å². The molecule has 0 aromatic heterocycles. The molecule has 1 atom stereocenters. The predicted octanol–water partition coefficient (Wildman–Crippen LogP) is 5.14. The molecule has 1 saturated carbocycles. The highest BCUT2D eigenvalue weighted by molar-refractivity contribution is 6.31. The second-order valence-corrected chi connectivity index (χ2v) is 6.65. The van der Waals surface area contributed by atoms with E-state index in [9.17, 15) is 0 Å². The van der Waals surface area contributed by atoms with Crippen LogP contribution in [0.3, 0.4) is 0 Å². The summed E-state index contributed by atoms with van der Waals surface area (Å²) in [7, 11) is 0. The lowest BCUT2D eigenvalue weighted by atomic mass is 9.92. The molecule has 1 N–H and O–H groups in total. The van der Waals surface area contributed by atoms with E-state index in [2.05, 4.69) is 37.4 Å². The lowest BCUT2D eigenvalue weighted by Crippen LogP contribution is -2.36. The van der Waals surface area contributed by atoms with E-state index in [1.165, 1.54) is 49.7 Å². The van der Waals surface area contributed by atoms with Crippen molar-refractivity contribution < 1.29 is 0 Å². The fourth-order valence-corrected chi connectivity index (χ4v) is 3.69. The van der Waals surface area contributed by atoms with Gasteiger partial charge in [0.2, 0.25) is 0 Å². The minimum atomic E-state index is 0.676. The van der Waals surface area contributed by atoms with Gasteiger partial charge in [-0.1, -0.05) is 43.5 Å². The molecule has 0 heterocycles. The van der Waals surface area contributed by atoms with Gasteiger partial charge in [0.25, 0.3) is 0 Å². The summed E-state index contributed by atoms with van der Waals surface area (Å²) >= 11 is 6.36. The Bertz CT molecular complexity index is 410. The van der Waals surface area contributed by atoms with Crippen molar-refractivity contribution in [2.45, 2.75) is 64.8 Å². The van der Waals surface area contributed by atoms with E-state index in [-0.39, 0.29) is 0 Å². The Morgan fingerprint density at radius 3 is 2.70 bits per heavy atom. The number of hydrogen-bond acceptors (Lipinski definition) is 1. The Kier molecular flexibility index (Phi) is 6.38. The van der Waals surface area contributed by atoms with E-state index < -0.39 is 0 Å². The maximum absolute atomic E-state index is 6.36. The summed E-state index contributed by atoms with van der Waals surface area (Å²) in [5.41, 5.74) is 2.55. The van der Waals surface area contributed by atoms with Crippen molar-refractivity contribution >= 4 is 11.6 Å². The first kappa shape index (κ1) is 15.9. The van der Waals surface area contributed by atoms with E-state index in [4.69, 9.17) is 11.6 Å². The number of hydrogen-bond donors (Lipinski definition) is 1. The molecule has 1 aromatic rings. The van der Waals surface area contributed by atoms with E-state index >= 15 is 0 Å². The van der Waals surface area contributed by atoms with Crippen molar-refractivity contribution in [3.63, 3.8) is 0 Å². The summed E-state index contributed by atoms with van der Waals surface area (Å²) in [6.07, 6.45) is 9.17. The first-order valence-electron chi connectivity index (χ1n) is 8.19. The molecule has 1 aliphatic rings. The second-order valence-electron chi connectivity index (χ2n) is 6.24. The van der Waals surface area contributed by atoms with Gasteiger partial charge in [-0.2, -0.15) is 0 Å². The third-order valence-electron chi connectivity index (χ3n) is 4.56. The Morgan fingerprint density at radius 1 is 1.30 bits per heavy atom. The lowest BCUT2D eigenvalue weighted by Gasteiger charge is -2.25. The maximum atomic E-state index is 6.36. The van der Waals surface area contributed by atoms with Crippen molar-refractivity contribution in [1.29, 1.82) is 0 Å². The lowest BCUT2D eigenvalue weighted by molar-refractivity contribution is 0.341. The predicted molar refractivity (Wildman–Crippen MR) is 88.5 cm³/mol. The highest BCUT2D eigenvalue weighted by Crippen LogP contribution is 2.30. The zero-order chi connectivity index (χ0) is 14.4. The van der Waals surface area contributed by atoms with Crippen LogP contribution in [0.15, 0.2) is 18.2 Å². The first-order chi connectivity index (χ1) is 9.70. The van der Waals surface area contributed by atoms with Crippen LogP contribution < -0.4 is 5.32 Å². The van der Waals surface area contributed by atoms with Gasteiger partial charge in [-0.15, -0.1) is 0 Å². The van der Waals surface area contributed by atoms with E-state index in [0.717, 1.165) is 23.9 Å². The highest BCUT2D eigenvalue weighted by Gasteiger charge is 2.24. The normalized spacial score (nSPS) is 17.6. The summed E-state index contributed by atoms with van der Waals surface area (Å²) in [5, 5.41) is 4.71. The molecule has 1 aliphatic carbocycles. The molecular weight excluding hydrogens is 266 g/mol. The Morgan fingerprint density at radius 2 is 2.05 bits per heavy atom. The molecule has 0 radical (unpaired) electrons. The average molecular weight is 294 g/mol. The van der Waals surface area contributed by atoms with Gasteiger partial charge in [-0.05, 0) is 68.7 Å². The smallest absolute Gasteiger partial charge is 0.0440 e. The van der Waals surface area contributed by atoms with Crippen LogP contribution in [0.4, 0.5) is 0 Å². The molecule has 0 saturated heterocycles. The van der Waals surface area contributed by atoms with E-state index in [1.807, 2.05) is 0 Å². The molecule has 0 amide bonds. The van der Waals surface area contributed by atoms with Gasteiger partial charge >= 0.3 is 0 Å². The SMILES string of the molecule is CCCNC(CCc1ccc(C)cc1Cl)C1CCCC1. The molecule has 2 heteroatoms. The number of rotatable bonds is 7. The number of nitrogens with one attached hydrogen (secondary N) is 1. The molecule has 0 bridgehead atoms. The van der Waals surface area contributed by atoms with Crippen LogP contribution in [0.25, 0.3) is 0 Å². The number of benzene rings is 1. The highest BCUT2D eigenvalue weighted by atomic mass is 35.5. The number of aryl methyl sites for hydroxylation is 2. The Labute approximate surface area is 129 Å². The molecule has 112 valence electrons. The van der Waals surface area contributed by atoms with Crippen molar-refractivity contribution in [2.24, 2.45) is 5.92 Å². The molecular formula is C18H28ClN. The van der Waals surface area contributed by atoms with Crippen molar-refractivity contribution in [1.82, 2.24) is 5.32 Å². The van der Waals surface area contributed by atoms with Gasteiger partial charge in [0.15, 0.2) is 0 Å². The quantitative estimate of drug-likeness (QED) is 0.734. The topological polar surface area (TPSA) is 12.0 Å². The van der Waals surface area contributed by atoms with Crippen LogP contribution in [0.2, 0.25) is 5.02 Å². The Balaban J connectivity index is 1.93. The van der Waals surface area contributed by atoms with Crippen LogP contribution >= 0.6 is 11.6 Å². The summed E-state index contributed by atoms with van der Waals surface area (Å²) in [4.78, 5) is 0. The summed E-state index contributed by atoms with van der Waals surface area (Å²) < 4.78 is 0. The standard InChI is InChI=1S/C18H28ClN/c1-3-12-20-18(16-6-4-5-7-16)11-10-15-9-8-14(2)13-17(15)19/h8-9,13,16,18,20H,3-7,10-12H2,1-2H3. The van der Waals surface area contributed by atoms with Crippen molar-refractivity contribution in [2.75, 3.05) is 6.54 Å². The largest absolute Gasteiger partial charge is 0.314 e. The summed E-state index contributed by atoms with van der Waals surface area (Å²) in [6, 6.07) is 7.13. The van der Waals surface area contributed by atoms with Crippen LogP contribution in [-0.4, -0.2) is 12.6 Å². The zero-order valence-corrected chi connectivity index (χ0v) is 13.7. The monoisotopic (exact) mass is 293 g/mol. The maximum Gasteiger partial charge on any atom is 0.0440 e. The van der Waals surface area contributed by atoms with Gasteiger partial charge in [-0.3, -0.25) is 0 Å². The van der Waals surface area contributed by atoms with Gasteiger partial charge in [0.05, 0.1) is 0 Å². The van der Waals surface area contributed by atoms with Gasteiger partial charge in [0, 0.05) is 11.1 Å². The molecule has 1 unspecified atom stereocenters. The van der Waals surface area contributed by atoms with Crippen molar-refractivity contribution in [3.8, 4) is 0 Å². The Hall–Kier alpha value is -0.530. The molecule has 0 aliphatic heterocycles. The van der Waals surface area contributed by atoms with Gasteiger partial charge in [0.1, 0.15) is 0 Å². The third kappa shape index (κ3) is 4.49. The fraction of sp³-hybridized carbons (Fsp3) is 0.667. The molecule has 1 fully saturated rings. The minimum absolute atomic E-state index is 0.676. The van der Waals surface area contributed by atoms with Crippen LogP contribution in [0.1, 0.15) is 56.6 Å². The zero-order valence-electron chi connectivity index (χ0n) is 12.9. The number of halogens is 1. The summed E-state index contributed by atoms with van der Waals surface area (Å²) in [5.74, 6) is 0.880. The molecule has 20 heavy (non-hydrogen) atoms. The third-order valence-corrected chi connectivity index (χ3v) is 4.91. The molecule has 0 spiro atoms. The van der Waals surface area contributed by atoms with Gasteiger partial charge in [-0.25, -0.2) is 0 Å². The molecule has 2 rings (SSSR count). The van der Waals surface area contributed by atoms with Crippen LogP contribution in [0, 0.1) is 12.8 Å². The molecule has 1 aromatic carbocycles. The van der Waals surface area contributed by atoms with Crippen LogP contribution in [-0.2, 0) is 6.42 Å². The van der Waals surface area contributed by atoms with Gasteiger partial charge < -0.3 is 5.32 Å². The minimum Gasteiger partial charge on any atom is -0.314 e. The first-order valence-corrected chi connectivity index (χ1v) is 8.57. The summed E-state index contributed by atoms with van der Waals surface area (Å²) in [6.45, 7) is 5.48. The van der Waals surface area contributed by atoms with Crippen molar-refractivity contribution in [3.05, 3.63) is 34.3 Å². The van der Waals surface area contributed by atoms with E-state index in [0.29, 0.717) is 6.04 Å². The second kappa shape index (κ2) is 8.05. The molecule has 1 nitrogen and oxygen atoms in total. The fourth-order valence-electron chi connectivity index (χ4n) is 3.36. The average Bonchev–Trinajstić information content (AvgIpc) is 2.95. The van der Waals surface area contributed by atoms with E-state index in [1.54, 1.807) is 0 Å².